The number of carbonyl (C=O) groups is 4. The van der Waals surface area contributed by atoms with Crippen LogP contribution >= 0.6 is 0 Å². The third-order valence-electron chi connectivity index (χ3n) is 6.68. The Hall–Kier alpha value is -4.74. The van der Waals surface area contributed by atoms with Crippen LogP contribution in [-0.2, 0) is 20.7 Å². The van der Waals surface area contributed by atoms with E-state index in [1.54, 1.807) is 56.0 Å². The normalized spacial score (nSPS) is 20.2. The number of benzene rings is 1. The first-order valence-electron chi connectivity index (χ1n) is 14.0. The van der Waals surface area contributed by atoms with Crippen LogP contribution < -0.4 is 20.7 Å². The summed E-state index contributed by atoms with van der Waals surface area (Å²) in [5, 5.41) is 7.07. The monoisotopic (exact) mass is 593 g/mol. The molecule has 3 N–H and O–H groups in total. The number of hydrogen-bond acceptors (Lipinski definition) is 7. The van der Waals surface area contributed by atoms with E-state index >= 15 is 4.39 Å². The number of alkyl halides is 1. The second-order valence-corrected chi connectivity index (χ2v) is 11.3. The number of likely N-dealkylation sites (tertiary alicyclic amines) is 1. The van der Waals surface area contributed by atoms with E-state index < -0.39 is 35.5 Å². The maximum atomic E-state index is 15.9. The molecule has 0 saturated carbocycles. The average molecular weight is 594 g/mol. The Morgan fingerprint density at radius 3 is 2.49 bits per heavy atom. The summed E-state index contributed by atoms with van der Waals surface area (Å²) in [7, 11) is 0. The quantitative estimate of drug-likeness (QED) is 0.408. The molecule has 12 heteroatoms. The second-order valence-electron chi connectivity index (χ2n) is 11.3. The summed E-state index contributed by atoms with van der Waals surface area (Å²) >= 11 is 0. The number of piperidine rings is 1. The molecule has 5 amide bonds. The molecule has 0 spiro atoms. The number of urea groups is 1. The van der Waals surface area contributed by atoms with Crippen LogP contribution in [-0.4, -0.2) is 64.4 Å². The van der Waals surface area contributed by atoms with E-state index in [0.717, 1.165) is 6.08 Å². The number of amides is 5. The van der Waals surface area contributed by atoms with Gasteiger partial charge in [0.2, 0.25) is 17.6 Å². The first kappa shape index (κ1) is 31.2. The van der Waals surface area contributed by atoms with Gasteiger partial charge in [-0.2, -0.15) is 0 Å². The van der Waals surface area contributed by atoms with Gasteiger partial charge in [-0.05, 0) is 57.4 Å². The van der Waals surface area contributed by atoms with Crippen molar-refractivity contribution >= 4 is 29.8 Å². The van der Waals surface area contributed by atoms with E-state index in [4.69, 9.17) is 9.47 Å². The molecule has 1 fully saturated rings. The molecule has 43 heavy (non-hydrogen) atoms. The standard InChI is InChI=1S/C31H36FN5O6/c1-30(2,3)43-29(41)37-17-13-22(14-18-37)27(39)34-25-20-23(12-16-33-25)42-24-11-7-8-15-31(24,32)36-28(40)35-26(38)19-21-9-5-4-6-10-21/h4-12,15-16,20,22,24H,13-14,17-19H2,1-3H3,(H,33,34,39)(H2,35,36,38,40). The fourth-order valence-corrected chi connectivity index (χ4v) is 4.57. The zero-order valence-electron chi connectivity index (χ0n) is 24.3. The Morgan fingerprint density at radius 1 is 1.07 bits per heavy atom. The molecule has 1 saturated heterocycles. The molecule has 1 aromatic heterocycles. The number of anilines is 1. The van der Waals surface area contributed by atoms with Gasteiger partial charge in [-0.3, -0.25) is 20.2 Å². The zero-order valence-corrected chi connectivity index (χ0v) is 24.3. The maximum absolute atomic E-state index is 15.9. The van der Waals surface area contributed by atoms with Crippen LogP contribution in [0.15, 0.2) is 73.0 Å². The largest absolute Gasteiger partial charge is 0.480 e. The van der Waals surface area contributed by atoms with Gasteiger partial charge in [0.05, 0.1) is 6.42 Å². The van der Waals surface area contributed by atoms with Gasteiger partial charge in [-0.15, -0.1) is 0 Å². The molecular formula is C31H36FN5O6. The topological polar surface area (TPSA) is 139 Å². The number of nitrogens with one attached hydrogen (secondary N) is 3. The number of pyridine rings is 1. The lowest BCUT2D eigenvalue weighted by atomic mass is 9.96. The summed E-state index contributed by atoms with van der Waals surface area (Å²) < 4.78 is 27.1. The van der Waals surface area contributed by atoms with Gasteiger partial charge in [0.1, 0.15) is 17.2 Å². The minimum Gasteiger partial charge on any atom is -0.480 e. The lowest BCUT2D eigenvalue weighted by Gasteiger charge is -2.33. The summed E-state index contributed by atoms with van der Waals surface area (Å²) in [4.78, 5) is 55.7. The molecule has 228 valence electrons. The Kier molecular flexibility index (Phi) is 9.79. The molecule has 2 unspecified atom stereocenters. The SMILES string of the molecule is CC(C)(C)OC(=O)N1CCC(C(=O)Nc2cc(OC3C=CC=CC3(F)NC(=O)NC(=O)Cc3ccccc3)ccn2)CC1. The van der Waals surface area contributed by atoms with E-state index in [0.29, 0.717) is 31.5 Å². The fourth-order valence-electron chi connectivity index (χ4n) is 4.57. The van der Waals surface area contributed by atoms with Gasteiger partial charge in [0.15, 0.2) is 6.10 Å². The molecule has 2 heterocycles. The van der Waals surface area contributed by atoms with Crippen molar-refractivity contribution in [2.75, 3.05) is 18.4 Å². The Morgan fingerprint density at radius 2 is 1.79 bits per heavy atom. The van der Waals surface area contributed by atoms with E-state index in [-0.39, 0.29) is 29.8 Å². The zero-order chi connectivity index (χ0) is 31.0. The third kappa shape index (κ3) is 9.12. The molecule has 1 aliphatic heterocycles. The van der Waals surface area contributed by atoms with Crippen LogP contribution in [0.5, 0.6) is 5.75 Å². The van der Waals surface area contributed by atoms with Crippen LogP contribution in [0.4, 0.5) is 19.8 Å². The highest BCUT2D eigenvalue weighted by atomic mass is 19.1. The van der Waals surface area contributed by atoms with Crippen molar-refractivity contribution in [1.82, 2.24) is 20.5 Å². The van der Waals surface area contributed by atoms with E-state index in [9.17, 15) is 19.2 Å². The van der Waals surface area contributed by atoms with Crippen LogP contribution in [0, 0.1) is 5.92 Å². The molecule has 2 atom stereocenters. The third-order valence-corrected chi connectivity index (χ3v) is 6.68. The molecule has 0 radical (unpaired) electrons. The highest BCUT2D eigenvalue weighted by Gasteiger charge is 2.40. The maximum Gasteiger partial charge on any atom is 0.410 e. The van der Waals surface area contributed by atoms with Crippen molar-refractivity contribution in [3.63, 3.8) is 0 Å². The van der Waals surface area contributed by atoms with Crippen molar-refractivity contribution < 1.29 is 33.0 Å². The van der Waals surface area contributed by atoms with Gasteiger partial charge in [0.25, 0.3) is 0 Å². The molecule has 1 aliphatic carbocycles. The lowest BCUT2D eigenvalue weighted by molar-refractivity contribution is -0.121. The number of aromatic nitrogens is 1. The van der Waals surface area contributed by atoms with Crippen LogP contribution in [0.3, 0.4) is 0 Å². The van der Waals surface area contributed by atoms with Gasteiger partial charge in [-0.25, -0.2) is 19.0 Å². The highest BCUT2D eigenvalue weighted by molar-refractivity contribution is 5.95. The molecule has 4 rings (SSSR count). The smallest absolute Gasteiger partial charge is 0.410 e. The van der Waals surface area contributed by atoms with Gasteiger partial charge in [0, 0.05) is 31.3 Å². The number of ether oxygens (including phenoxy) is 2. The van der Waals surface area contributed by atoms with E-state index in [1.165, 1.54) is 30.5 Å². The summed E-state index contributed by atoms with van der Waals surface area (Å²) in [6.45, 7) is 6.18. The van der Waals surface area contributed by atoms with Gasteiger partial charge in [-0.1, -0.05) is 42.5 Å². The number of imide groups is 1. The number of carbonyl (C=O) groups excluding carboxylic acids is 4. The second kappa shape index (κ2) is 13.5. The highest BCUT2D eigenvalue weighted by Crippen LogP contribution is 2.27. The van der Waals surface area contributed by atoms with E-state index in [2.05, 4.69) is 20.9 Å². The molecule has 0 bridgehead atoms. The lowest BCUT2D eigenvalue weighted by Crippen LogP contribution is -2.57. The van der Waals surface area contributed by atoms with Crippen LogP contribution in [0.1, 0.15) is 39.2 Å². The number of rotatable bonds is 7. The van der Waals surface area contributed by atoms with Crippen molar-refractivity contribution in [3.05, 3.63) is 78.5 Å². The number of nitrogens with zero attached hydrogens (tertiary/aromatic N) is 2. The minimum absolute atomic E-state index is 0.0441. The van der Waals surface area contributed by atoms with Crippen LogP contribution in [0.2, 0.25) is 0 Å². The van der Waals surface area contributed by atoms with Crippen molar-refractivity contribution in [3.8, 4) is 5.75 Å². The number of hydrogen-bond donors (Lipinski definition) is 3. The first-order valence-corrected chi connectivity index (χ1v) is 14.0. The van der Waals surface area contributed by atoms with Gasteiger partial charge >= 0.3 is 12.1 Å². The summed E-state index contributed by atoms with van der Waals surface area (Å²) in [5.74, 6) is -3.26. The summed E-state index contributed by atoms with van der Waals surface area (Å²) in [6.07, 6.45) is 6.12. The molecule has 2 aromatic rings. The predicted molar refractivity (Wildman–Crippen MR) is 157 cm³/mol. The fraction of sp³-hybridized carbons (Fsp3) is 0.387. The molecule has 2 aliphatic rings. The molecule has 11 nitrogen and oxygen atoms in total. The summed E-state index contributed by atoms with van der Waals surface area (Å²) in [6, 6.07) is 10.8. The van der Waals surface area contributed by atoms with Crippen LogP contribution in [0.25, 0.3) is 0 Å². The van der Waals surface area contributed by atoms with Crippen molar-refractivity contribution in [2.45, 2.75) is 57.5 Å². The Balaban J connectivity index is 1.31. The molecule has 1 aromatic carbocycles. The van der Waals surface area contributed by atoms with E-state index in [1.807, 2.05) is 6.07 Å². The number of allylic oxidation sites excluding steroid dienone is 2. The number of halogens is 1. The molecular weight excluding hydrogens is 557 g/mol. The minimum atomic E-state index is -2.47. The Bertz CT molecular complexity index is 1380. The average Bonchev–Trinajstić information content (AvgIpc) is 2.94. The summed E-state index contributed by atoms with van der Waals surface area (Å²) in [5.41, 5.74) is 0.107. The van der Waals surface area contributed by atoms with Crippen molar-refractivity contribution in [1.29, 1.82) is 0 Å². The van der Waals surface area contributed by atoms with Gasteiger partial charge < -0.3 is 19.7 Å². The predicted octanol–water partition coefficient (Wildman–Crippen LogP) is 4.27. The Labute approximate surface area is 249 Å². The van der Waals surface area contributed by atoms with Crippen molar-refractivity contribution in [2.24, 2.45) is 5.92 Å². The first-order chi connectivity index (χ1) is 20.4.